The molecule has 0 bridgehead atoms. The number of ether oxygens (including phenoxy) is 1. The van der Waals surface area contributed by atoms with Crippen LogP contribution in [0.3, 0.4) is 0 Å². The summed E-state index contributed by atoms with van der Waals surface area (Å²) in [7, 11) is -1.94. The van der Waals surface area contributed by atoms with Crippen LogP contribution in [0.2, 0.25) is 0 Å². The number of fused-ring (bicyclic) bond motifs is 1. The first-order valence-electron chi connectivity index (χ1n) is 9.56. The van der Waals surface area contributed by atoms with Crippen LogP contribution in [0.25, 0.3) is 10.8 Å². The summed E-state index contributed by atoms with van der Waals surface area (Å²) in [6, 6.07) is 11.9. The summed E-state index contributed by atoms with van der Waals surface area (Å²) in [5, 5.41) is 9.02. The van der Waals surface area contributed by atoms with E-state index in [2.05, 4.69) is 20.3 Å². The first-order valence-corrected chi connectivity index (χ1v) is 11.8. The zero-order valence-electron chi connectivity index (χ0n) is 17.8. The van der Waals surface area contributed by atoms with Gasteiger partial charge >= 0.3 is 12.1 Å². The topological polar surface area (TPSA) is 96.3 Å². The first kappa shape index (κ1) is 25.5. The molecule has 0 amide bonds. The molecule has 0 aromatic heterocycles. The number of rotatable bonds is 6. The van der Waals surface area contributed by atoms with Gasteiger partial charge in [-0.1, -0.05) is 34.1 Å². The standard InChI is InChI=1S/C22H18BrF3N2O5S/c1-28(12-19(29)30)21(27-34(31,32)14-8-6-13(23)7-9-14)17-5-3-4-16-15(17)10-11-18(33-2)20(16)22(24,25)26/h3-11H,12H2,1-2H3,(H,29,30)/b27-21-. The molecule has 1 N–H and O–H groups in total. The van der Waals surface area contributed by atoms with Gasteiger partial charge in [0.15, 0.2) is 0 Å². The summed E-state index contributed by atoms with van der Waals surface area (Å²) in [5.74, 6) is -2.01. The second kappa shape index (κ2) is 9.63. The van der Waals surface area contributed by atoms with E-state index in [1.165, 1.54) is 55.6 Å². The Kier molecular flexibility index (Phi) is 7.22. The second-order valence-electron chi connectivity index (χ2n) is 7.13. The number of aliphatic carboxylic acids is 1. The van der Waals surface area contributed by atoms with Gasteiger partial charge in [-0.3, -0.25) is 4.79 Å². The maximum absolute atomic E-state index is 13.9. The Balaban J connectivity index is 2.33. The number of hydrogen-bond acceptors (Lipinski definition) is 4. The Morgan fingerprint density at radius 3 is 2.29 bits per heavy atom. The molecule has 180 valence electrons. The Bertz CT molecular complexity index is 1370. The van der Waals surface area contributed by atoms with Crippen LogP contribution in [-0.2, 0) is 21.0 Å². The number of sulfonamides is 1. The highest BCUT2D eigenvalue weighted by Crippen LogP contribution is 2.42. The fraction of sp³-hybridized carbons (Fsp3) is 0.182. The summed E-state index contributed by atoms with van der Waals surface area (Å²) in [6.07, 6.45) is -4.77. The highest BCUT2D eigenvalue weighted by molar-refractivity contribution is 9.10. The molecule has 0 saturated carbocycles. The second-order valence-corrected chi connectivity index (χ2v) is 9.65. The lowest BCUT2D eigenvalue weighted by Gasteiger charge is -2.22. The minimum Gasteiger partial charge on any atom is -0.496 e. The third-order valence-corrected chi connectivity index (χ3v) is 6.63. The van der Waals surface area contributed by atoms with Crippen molar-refractivity contribution in [2.24, 2.45) is 4.40 Å². The molecule has 12 heteroatoms. The number of carbonyl (C=O) groups is 1. The van der Waals surface area contributed by atoms with E-state index in [-0.39, 0.29) is 27.1 Å². The number of carboxylic acid groups (broad SMARTS) is 1. The van der Waals surface area contributed by atoms with Gasteiger partial charge in [0.25, 0.3) is 10.0 Å². The molecule has 0 aliphatic carbocycles. The molecule has 0 unspecified atom stereocenters. The Hall–Kier alpha value is -3.12. The van der Waals surface area contributed by atoms with Gasteiger partial charge < -0.3 is 14.7 Å². The molecule has 0 radical (unpaired) electrons. The average Bonchev–Trinajstić information content (AvgIpc) is 2.75. The van der Waals surface area contributed by atoms with Gasteiger partial charge in [-0.15, -0.1) is 4.40 Å². The third-order valence-electron chi connectivity index (χ3n) is 4.82. The van der Waals surface area contributed by atoms with Crippen LogP contribution in [0.1, 0.15) is 11.1 Å². The fourth-order valence-electron chi connectivity index (χ4n) is 3.37. The molecule has 0 fully saturated rings. The summed E-state index contributed by atoms with van der Waals surface area (Å²) < 4.78 is 76.9. The summed E-state index contributed by atoms with van der Waals surface area (Å²) in [6.45, 7) is -0.645. The van der Waals surface area contributed by atoms with Gasteiger partial charge in [0.1, 0.15) is 23.7 Å². The predicted octanol–water partition coefficient (Wildman–Crippen LogP) is 4.78. The summed E-state index contributed by atoms with van der Waals surface area (Å²) in [4.78, 5) is 12.2. The predicted molar refractivity (Wildman–Crippen MR) is 124 cm³/mol. The van der Waals surface area contributed by atoms with Gasteiger partial charge in [0.05, 0.1) is 12.0 Å². The van der Waals surface area contributed by atoms with E-state index in [0.29, 0.717) is 4.47 Å². The van der Waals surface area contributed by atoms with Gasteiger partial charge in [-0.2, -0.15) is 21.6 Å². The van der Waals surface area contributed by atoms with E-state index in [1.54, 1.807) is 0 Å². The van der Waals surface area contributed by atoms with Crippen molar-refractivity contribution >= 4 is 48.5 Å². The summed E-state index contributed by atoms with van der Waals surface area (Å²) in [5.41, 5.74) is -1.03. The zero-order chi connectivity index (χ0) is 25.3. The van der Waals surface area contributed by atoms with Gasteiger partial charge in [-0.25, -0.2) is 0 Å². The van der Waals surface area contributed by atoms with Crippen molar-refractivity contribution in [1.82, 2.24) is 4.90 Å². The minimum absolute atomic E-state index is 0.00934. The van der Waals surface area contributed by atoms with Gasteiger partial charge in [0.2, 0.25) is 0 Å². The van der Waals surface area contributed by atoms with Crippen LogP contribution in [0.4, 0.5) is 13.2 Å². The molecule has 3 aromatic carbocycles. The molecule has 3 aromatic rings. The quantitative estimate of drug-likeness (QED) is 0.345. The van der Waals surface area contributed by atoms with Crippen molar-refractivity contribution in [3.05, 3.63) is 70.2 Å². The number of carboxylic acids is 1. The molecular weight excluding hydrogens is 541 g/mol. The van der Waals surface area contributed by atoms with Crippen molar-refractivity contribution in [2.75, 3.05) is 20.7 Å². The maximum atomic E-state index is 13.9. The van der Waals surface area contributed by atoms with E-state index in [4.69, 9.17) is 4.74 Å². The highest BCUT2D eigenvalue weighted by Gasteiger charge is 2.37. The van der Waals surface area contributed by atoms with E-state index in [0.717, 1.165) is 18.1 Å². The van der Waals surface area contributed by atoms with Crippen LogP contribution in [0.5, 0.6) is 5.75 Å². The van der Waals surface area contributed by atoms with Crippen molar-refractivity contribution in [3.8, 4) is 5.75 Å². The van der Waals surface area contributed by atoms with Crippen LogP contribution >= 0.6 is 15.9 Å². The number of halogens is 4. The molecule has 0 saturated heterocycles. The van der Waals surface area contributed by atoms with Crippen molar-refractivity contribution in [3.63, 3.8) is 0 Å². The average molecular weight is 559 g/mol. The molecule has 0 spiro atoms. The number of methoxy groups -OCH3 is 1. The lowest BCUT2D eigenvalue weighted by molar-refractivity contribution is -0.138. The number of alkyl halides is 3. The minimum atomic E-state index is -4.77. The Morgan fingerprint density at radius 2 is 1.74 bits per heavy atom. The molecular formula is C22H18BrF3N2O5S. The van der Waals surface area contributed by atoms with E-state index >= 15 is 0 Å². The highest BCUT2D eigenvalue weighted by atomic mass is 79.9. The molecule has 34 heavy (non-hydrogen) atoms. The van der Waals surface area contributed by atoms with Crippen molar-refractivity contribution in [2.45, 2.75) is 11.1 Å². The number of likely N-dealkylation sites (N-methyl/N-ethyl adjacent to an activating group) is 1. The van der Waals surface area contributed by atoms with Crippen molar-refractivity contribution < 1.29 is 36.2 Å². The third kappa shape index (κ3) is 5.33. The lowest BCUT2D eigenvalue weighted by atomic mass is 9.98. The Labute approximate surface area is 201 Å². The largest absolute Gasteiger partial charge is 0.496 e. The van der Waals surface area contributed by atoms with Crippen LogP contribution in [0.15, 0.2) is 68.4 Å². The number of hydrogen-bond donors (Lipinski definition) is 1. The summed E-state index contributed by atoms with van der Waals surface area (Å²) >= 11 is 3.21. The SMILES string of the molecule is COc1ccc2c(/C(=N/S(=O)(=O)c3ccc(Br)cc3)N(C)CC(=O)O)cccc2c1C(F)(F)F. The molecule has 0 atom stereocenters. The molecule has 7 nitrogen and oxygen atoms in total. The fourth-order valence-corrected chi connectivity index (χ4v) is 4.69. The molecule has 0 heterocycles. The van der Waals surface area contributed by atoms with Crippen LogP contribution < -0.4 is 4.74 Å². The normalized spacial score (nSPS) is 12.6. The number of benzene rings is 3. The maximum Gasteiger partial charge on any atom is 0.420 e. The zero-order valence-corrected chi connectivity index (χ0v) is 20.2. The smallest absolute Gasteiger partial charge is 0.420 e. The van der Waals surface area contributed by atoms with E-state index < -0.39 is 40.0 Å². The van der Waals surface area contributed by atoms with E-state index in [9.17, 15) is 31.5 Å². The monoisotopic (exact) mass is 558 g/mol. The number of nitrogens with zero attached hydrogens (tertiary/aromatic N) is 2. The Morgan fingerprint density at radius 1 is 1.09 bits per heavy atom. The van der Waals surface area contributed by atoms with Gasteiger partial charge in [-0.05, 0) is 47.2 Å². The molecule has 0 aliphatic heterocycles. The van der Waals surface area contributed by atoms with E-state index in [1.807, 2.05) is 0 Å². The molecule has 3 rings (SSSR count). The lowest BCUT2D eigenvalue weighted by Crippen LogP contribution is -2.33. The van der Waals surface area contributed by atoms with Crippen molar-refractivity contribution in [1.29, 1.82) is 0 Å². The first-order chi connectivity index (χ1) is 15.8. The molecule has 0 aliphatic rings. The van der Waals surface area contributed by atoms with Crippen LogP contribution in [0, 0.1) is 0 Å². The van der Waals surface area contributed by atoms with Gasteiger partial charge in [0, 0.05) is 17.1 Å². The van der Waals surface area contributed by atoms with Crippen LogP contribution in [-0.4, -0.2) is 50.9 Å². The number of amidine groups is 1.